The van der Waals surface area contributed by atoms with Gasteiger partial charge in [0.15, 0.2) is 0 Å². The molecule has 1 aliphatic heterocycles. The number of aliphatic imine (C=N–C) groups is 1. The van der Waals surface area contributed by atoms with Crippen LogP contribution in [0.4, 0.5) is 5.00 Å². The summed E-state index contributed by atoms with van der Waals surface area (Å²) in [7, 11) is 1.94. The van der Waals surface area contributed by atoms with E-state index in [1.807, 2.05) is 14.0 Å². The van der Waals surface area contributed by atoms with Crippen molar-refractivity contribution in [2.24, 2.45) is 22.4 Å². The maximum atomic E-state index is 14.3. The summed E-state index contributed by atoms with van der Waals surface area (Å²) < 4.78 is 11.5. The molecule has 2 aliphatic carbocycles. The first kappa shape index (κ1) is 32.6. The van der Waals surface area contributed by atoms with E-state index in [1.165, 1.54) is 11.3 Å². The van der Waals surface area contributed by atoms with Gasteiger partial charge in [-0.05, 0) is 89.4 Å². The number of aryl methyl sites for hydroxylation is 1. The van der Waals surface area contributed by atoms with Crippen molar-refractivity contribution in [2.75, 3.05) is 32.5 Å². The average Bonchev–Trinajstić information content (AvgIpc) is 3.35. The number of aromatic nitrogens is 2. The summed E-state index contributed by atoms with van der Waals surface area (Å²) in [4.78, 5) is 29.0. The minimum atomic E-state index is -0.606. The largest absolute Gasteiger partial charge is 0.474 e. The molecule has 1 spiro atoms. The van der Waals surface area contributed by atoms with E-state index in [1.54, 1.807) is 18.4 Å². The molecular formula is C33H44N8O3S. The number of anilines is 1. The molecule has 12 heteroatoms. The van der Waals surface area contributed by atoms with Gasteiger partial charge in [0, 0.05) is 33.8 Å². The molecule has 0 aromatic carbocycles. The normalized spacial score (nSPS) is 21.8. The van der Waals surface area contributed by atoms with Crippen molar-refractivity contribution in [3.63, 3.8) is 0 Å². The van der Waals surface area contributed by atoms with Gasteiger partial charge in [-0.2, -0.15) is 10.2 Å². The number of nitrogens with two attached hydrogens (primary N) is 3. The average molecular weight is 633 g/mol. The van der Waals surface area contributed by atoms with Crippen LogP contribution in [0.25, 0.3) is 5.70 Å². The van der Waals surface area contributed by atoms with Crippen molar-refractivity contribution in [1.82, 2.24) is 15.3 Å². The Morgan fingerprint density at radius 3 is 2.73 bits per heavy atom. The Labute approximate surface area is 269 Å². The second-order valence-corrected chi connectivity index (χ2v) is 13.5. The van der Waals surface area contributed by atoms with Crippen molar-refractivity contribution in [1.29, 1.82) is 5.26 Å². The van der Waals surface area contributed by atoms with Crippen LogP contribution in [-0.4, -0.2) is 60.9 Å². The number of carbonyl (C=O) groups is 1. The zero-order valence-corrected chi connectivity index (χ0v) is 27.2. The second-order valence-electron chi connectivity index (χ2n) is 12.3. The third-order valence-electron chi connectivity index (χ3n) is 9.32. The van der Waals surface area contributed by atoms with Gasteiger partial charge >= 0.3 is 0 Å². The van der Waals surface area contributed by atoms with E-state index in [4.69, 9.17) is 26.7 Å². The Bertz CT molecular complexity index is 1550. The number of thiophene rings is 1. The van der Waals surface area contributed by atoms with Crippen LogP contribution in [0.2, 0.25) is 0 Å². The summed E-state index contributed by atoms with van der Waals surface area (Å²) in [5.41, 5.74) is 22.2. The molecule has 0 radical (unpaired) electrons. The number of nitriles is 1. The minimum absolute atomic E-state index is 0.0189. The first-order chi connectivity index (χ1) is 21.7. The van der Waals surface area contributed by atoms with E-state index < -0.39 is 5.41 Å². The highest BCUT2D eigenvalue weighted by atomic mass is 32.1. The zero-order chi connectivity index (χ0) is 32.1. The van der Waals surface area contributed by atoms with E-state index >= 15 is 0 Å². The summed E-state index contributed by atoms with van der Waals surface area (Å²) in [6, 6.07) is 4.10. The molecule has 3 atom stereocenters. The minimum Gasteiger partial charge on any atom is -0.474 e. The predicted molar refractivity (Wildman–Crippen MR) is 177 cm³/mol. The standard InChI is InChI=1S/C33H44N8O3S/c1-19(7-6-13-38-3)20(2)44-27-15-25(24(35)10-14-39-21-17-43-18-21)40-32(41-27)29(42)22-8-4-11-33(30(22)36)12-5-9-26-28(33)23(16-34)31(37)45-26/h10,14-15,19-21,38H,4-9,11-13,17-18,35-37H2,1-3H3/b24-10-,39-14?/t19-,20-,33-/m0/s1. The van der Waals surface area contributed by atoms with Gasteiger partial charge in [-0.3, -0.25) is 9.79 Å². The van der Waals surface area contributed by atoms with Gasteiger partial charge < -0.3 is 32.0 Å². The molecule has 1 fully saturated rings. The predicted octanol–water partition coefficient (Wildman–Crippen LogP) is 4.02. The highest BCUT2D eigenvalue weighted by Gasteiger charge is 2.46. The van der Waals surface area contributed by atoms with Gasteiger partial charge in [0.2, 0.25) is 17.5 Å². The van der Waals surface area contributed by atoms with Crippen LogP contribution in [0.5, 0.6) is 5.88 Å². The summed E-state index contributed by atoms with van der Waals surface area (Å²) in [6.07, 6.45) is 9.65. The number of nitrogens with one attached hydrogen (secondary N) is 1. The third kappa shape index (κ3) is 6.76. The molecule has 0 saturated carbocycles. The van der Waals surface area contributed by atoms with Gasteiger partial charge in [0.05, 0.1) is 36.2 Å². The van der Waals surface area contributed by atoms with Gasteiger partial charge in [-0.1, -0.05) is 6.92 Å². The van der Waals surface area contributed by atoms with E-state index in [-0.39, 0.29) is 35.6 Å². The quantitative estimate of drug-likeness (QED) is 0.151. The van der Waals surface area contributed by atoms with Gasteiger partial charge in [-0.25, -0.2) is 4.98 Å². The highest BCUT2D eigenvalue weighted by Crippen LogP contribution is 2.53. The maximum absolute atomic E-state index is 14.3. The lowest BCUT2D eigenvalue weighted by molar-refractivity contribution is 0.0135. The molecule has 1 saturated heterocycles. The number of allylic oxidation sites excluding steroid dienone is 3. The van der Waals surface area contributed by atoms with Gasteiger partial charge in [-0.15, -0.1) is 11.3 Å². The molecule has 0 bridgehead atoms. The molecule has 3 aliphatic rings. The number of ether oxygens (including phenoxy) is 2. The van der Waals surface area contributed by atoms with Crippen molar-refractivity contribution in [3.8, 4) is 11.9 Å². The summed E-state index contributed by atoms with van der Waals surface area (Å²) in [5, 5.41) is 13.7. The Balaban J connectivity index is 1.51. The van der Waals surface area contributed by atoms with E-state index in [0.717, 1.165) is 61.9 Å². The fraction of sp³-hybridized carbons (Fsp3) is 0.545. The fourth-order valence-corrected chi connectivity index (χ4v) is 7.66. The lowest BCUT2D eigenvalue weighted by Gasteiger charge is -2.42. The molecule has 5 rings (SSSR count). The molecule has 2 aromatic rings. The lowest BCUT2D eigenvalue weighted by Crippen LogP contribution is -2.41. The van der Waals surface area contributed by atoms with E-state index in [2.05, 4.69) is 33.3 Å². The zero-order valence-electron chi connectivity index (χ0n) is 26.4. The van der Waals surface area contributed by atoms with Crippen molar-refractivity contribution >= 4 is 34.0 Å². The number of hydrogen-bond acceptors (Lipinski definition) is 12. The molecule has 7 N–H and O–H groups in total. The Kier molecular flexibility index (Phi) is 10.2. The number of hydrogen-bond donors (Lipinski definition) is 4. The molecule has 2 aromatic heterocycles. The van der Waals surface area contributed by atoms with Crippen LogP contribution in [0.15, 0.2) is 28.4 Å². The lowest BCUT2D eigenvalue weighted by atomic mass is 9.62. The van der Waals surface area contributed by atoms with Crippen molar-refractivity contribution in [2.45, 2.75) is 82.8 Å². The number of nitrogen functional groups attached to an aromatic ring is 1. The molecule has 0 unspecified atom stereocenters. The summed E-state index contributed by atoms with van der Waals surface area (Å²) in [5.74, 6) is 0.161. The maximum Gasteiger partial charge on any atom is 0.228 e. The van der Waals surface area contributed by atoms with Gasteiger partial charge in [0.1, 0.15) is 17.2 Å². The summed E-state index contributed by atoms with van der Waals surface area (Å²) in [6.45, 7) is 6.25. The van der Waals surface area contributed by atoms with Gasteiger partial charge in [0.25, 0.3) is 0 Å². The molecule has 3 heterocycles. The topological polar surface area (TPSA) is 188 Å². The van der Waals surface area contributed by atoms with Crippen LogP contribution in [0.3, 0.4) is 0 Å². The van der Waals surface area contributed by atoms with Crippen LogP contribution < -0.4 is 27.3 Å². The first-order valence-corrected chi connectivity index (χ1v) is 16.6. The smallest absolute Gasteiger partial charge is 0.228 e. The Hall–Kier alpha value is -3.79. The fourth-order valence-electron chi connectivity index (χ4n) is 6.50. The van der Waals surface area contributed by atoms with Crippen LogP contribution >= 0.6 is 11.3 Å². The van der Waals surface area contributed by atoms with E-state index in [9.17, 15) is 10.1 Å². The third-order valence-corrected chi connectivity index (χ3v) is 10.4. The number of carbonyl (C=O) groups excluding carboxylic acids is 1. The number of rotatable bonds is 12. The highest BCUT2D eigenvalue weighted by molar-refractivity contribution is 7.16. The molecular weight excluding hydrogens is 588 g/mol. The molecule has 0 amide bonds. The second kappa shape index (κ2) is 14.1. The van der Waals surface area contributed by atoms with E-state index in [0.29, 0.717) is 52.9 Å². The Morgan fingerprint density at radius 1 is 1.29 bits per heavy atom. The van der Waals surface area contributed by atoms with Crippen LogP contribution in [0, 0.1) is 17.2 Å². The molecule has 45 heavy (non-hydrogen) atoms. The number of Topliss-reactive ketones (excluding diaryl/α,β-unsaturated/α-hetero) is 1. The number of fused-ring (bicyclic) bond motifs is 2. The SMILES string of the molecule is CNCCC[C@H](C)[C@H](C)Oc1cc(/C(N)=C/C=NC2COC2)nc(C(=O)C2=C(N)[C@@]3(CCC2)CCCc2sc(N)c(C#N)c23)n1. The van der Waals surface area contributed by atoms with Crippen LogP contribution in [0.1, 0.15) is 91.1 Å². The molecule has 240 valence electrons. The summed E-state index contributed by atoms with van der Waals surface area (Å²) >= 11 is 1.46. The number of ketones is 1. The monoisotopic (exact) mass is 632 g/mol. The van der Waals surface area contributed by atoms with Crippen LogP contribution in [-0.2, 0) is 16.6 Å². The van der Waals surface area contributed by atoms with Crippen molar-refractivity contribution < 1.29 is 14.3 Å². The van der Waals surface area contributed by atoms with Crippen molar-refractivity contribution in [3.05, 3.63) is 50.9 Å². The first-order valence-electron chi connectivity index (χ1n) is 15.8. The number of nitrogens with zero attached hydrogens (tertiary/aromatic N) is 4. The Morgan fingerprint density at radius 2 is 2.04 bits per heavy atom. The molecule has 11 nitrogen and oxygen atoms in total.